The molecule has 0 saturated carbocycles. The molecule has 1 rings (SSSR count). The Bertz CT molecular complexity index is 458. The van der Waals surface area contributed by atoms with Gasteiger partial charge in [-0.1, -0.05) is 6.07 Å². The monoisotopic (exact) mass is 277 g/mol. The molecule has 0 fully saturated rings. The molecule has 1 aromatic rings. The van der Waals surface area contributed by atoms with E-state index in [1.165, 1.54) is 19.1 Å². The Morgan fingerprint density at radius 2 is 2.05 bits per heavy atom. The number of hydrogen-bond donors (Lipinski definition) is 2. The third kappa shape index (κ3) is 4.13. The van der Waals surface area contributed by atoms with E-state index in [2.05, 4.69) is 10.1 Å². The van der Waals surface area contributed by atoms with E-state index in [0.29, 0.717) is 0 Å². The summed E-state index contributed by atoms with van der Waals surface area (Å²) in [6, 6.07) is 4.47. The Morgan fingerprint density at radius 1 is 1.42 bits per heavy atom. The van der Waals surface area contributed by atoms with Crippen LogP contribution in [0.5, 0.6) is 0 Å². The summed E-state index contributed by atoms with van der Waals surface area (Å²) >= 11 is 0. The van der Waals surface area contributed by atoms with Gasteiger partial charge in [-0.25, -0.2) is 4.79 Å². The summed E-state index contributed by atoms with van der Waals surface area (Å²) in [6.45, 7) is 0.945. The van der Waals surface area contributed by atoms with Gasteiger partial charge in [0.05, 0.1) is 19.2 Å². The van der Waals surface area contributed by atoms with E-state index in [4.69, 9.17) is 0 Å². The van der Waals surface area contributed by atoms with Crippen LogP contribution in [0.1, 0.15) is 12.5 Å². The molecule has 0 heterocycles. The van der Waals surface area contributed by atoms with Crippen LogP contribution in [0.4, 0.5) is 18.9 Å². The summed E-state index contributed by atoms with van der Waals surface area (Å²) < 4.78 is 41.8. The third-order valence-corrected chi connectivity index (χ3v) is 2.45. The van der Waals surface area contributed by atoms with Gasteiger partial charge in [-0.2, -0.15) is 13.2 Å². The van der Waals surface area contributed by atoms with E-state index in [1.807, 2.05) is 0 Å². The molecule has 1 aromatic carbocycles. The zero-order valence-corrected chi connectivity index (χ0v) is 10.4. The van der Waals surface area contributed by atoms with Crippen molar-refractivity contribution in [2.45, 2.75) is 18.7 Å². The fraction of sp³-hybridized carbons (Fsp3) is 0.417. The molecular formula is C12H14F3NO3. The highest BCUT2D eigenvalue weighted by Gasteiger charge is 2.32. The van der Waals surface area contributed by atoms with Crippen LogP contribution in [0, 0.1) is 0 Å². The van der Waals surface area contributed by atoms with Crippen molar-refractivity contribution in [3.63, 3.8) is 0 Å². The quantitative estimate of drug-likeness (QED) is 0.827. The van der Waals surface area contributed by atoms with Gasteiger partial charge in [-0.3, -0.25) is 0 Å². The second kappa shape index (κ2) is 5.48. The lowest BCUT2D eigenvalue weighted by atomic mass is 10.1. The van der Waals surface area contributed by atoms with Crippen LogP contribution < -0.4 is 5.32 Å². The molecule has 1 atom stereocenters. The van der Waals surface area contributed by atoms with Crippen LogP contribution in [0.3, 0.4) is 0 Å². The van der Waals surface area contributed by atoms with Gasteiger partial charge in [0.25, 0.3) is 0 Å². The van der Waals surface area contributed by atoms with Crippen LogP contribution in [0.2, 0.25) is 0 Å². The van der Waals surface area contributed by atoms with Crippen molar-refractivity contribution in [3.05, 3.63) is 29.8 Å². The van der Waals surface area contributed by atoms with E-state index < -0.39 is 23.3 Å². The number of carbonyl (C=O) groups excluding carboxylic acids is 1. The average Bonchev–Trinajstić information content (AvgIpc) is 2.35. The lowest BCUT2D eigenvalue weighted by molar-refractivity contribution is -0.158. The number of methoxy groups -OCH3 is 1. The predicted octanol–water partition coefficient (Wildman–Crippen LogP) is 2.04. The molecular weight excluding hydrogens is 263 g/mol. The summed E-state index contributed by atoms with van der Waals surface area (Å²) in [5.74, 6) is -0.869. The number of rotatable bonds is 4. The molecule has 0 aliphatic heterocycles. The van der Waals surface area contributed by atoms with Crippen molar-refractivity contribution >= 4 is 11.7 Å². The first-order valence-corrected chi connectivity index (χ1v) is 5.39. The molecule has 0 radical (unpaired) electrons. The molecule has 2 N–H and O–H groups in total. The van der Waals surface area contributed by atoms with Gasteiger partial charge in [-0.05, 0) is 25.1 Å². The zero-order valence-electron chi connectivity index (χ0n) is 10.4. The standard InChI is InChI=1S/C12H14F3NO3/c1-11(18,10(17)19-2)7-16-9-5-3-4-8(6-9)12(13,14)15/h3-6,16,18H,7H2,1-2H3. The third-order valence-electron chi connectivity index (χ3n) is 2.45. The van der Waals surface area contributed by atoms with E-state index >= 15 is 0 Å². The Morgan fingerprint density at radius 3 is 2.58 bits per heavy atom. The van der Waals surface area contributed by atoms with Crippen molar-refractivity contribution in [2.75, 3.05) is 19.0 Å². The van der Waals surface area contributed by atoms with Crippen LogP contribution in [-0.2, 0) is 15.7 Å². The van der Waals surface area contributed by atoms with Crippen LogP contribution >= 0.6 is 0 Å². The molecule has 19 heavy (non-hydrogen) atoms. The van der Waals surface area contributed by atoms with E-state index in [1.54, 1.807) is 0 Å². The van der Waals surface area contributed by atoms with Gasteiger partial charge in [0.15, 0.2) is 5.60 Å². The molecule has 0 aliphatic carbocycles. The first-order chi connectivity index (χ1) is 8.66. The lowest BCUT2D eigenvalue weighted by Gasteiger charge is -2.21. The number of ether oxygens (including phenoxy) is 1. The molecule has 1 unspecified atom stereocenters. The second-order valence-corrected chi connectivity index (χ2v) is 4.20. The maximum Gasteiger partial charge on any atom is 0.416 e. The minimum Gasteiger partial charge on any atom is -0.467 e. The molecule has 106 valence electrons. The number of carbonyl (C=O) groups is 1. The summed E-state index contributed by atoms with van der Waals surface area (Å²) in [5.41, 5.74) is -2.47. The van der Waals surface area contributed by atoms with Gasteiger partial charge in [0.2, 0.25) is 0 Å². The number of alkyl halides is 3. The number of esters is 1. The van der Waals surface area contributed by atoms with Crippen LogP contribution in [-0.4, -0.2) is 30.3 Å². The van der Waals surface area contributed by atoms with Gasteiger partial charge in [0.1, 0.15) is 0 Å². The van der Waals surface area contributed by atoms with Crippen LogP contribution in [0.15, 0.2) is 24.3 Å². The second-order valence-electron chi connectivity index (χ2n) is 4.20. The molecule has 0 amide bonds. The molecule has 0 aliphatic rings. The average molecular weight is 277 g/mol. The first-order valence-electron chi connectivity index (χ1n) is 5.39. The number of benzene rings is 1. The fourth-order valence-corrected chi connectivity index (χ4v) is 1.37. The van der Waals surface area contributed by atoms with E-state index in [-0.39, 0.29) is 12.2 Å². The van der Waals surface area contributed by atoms with E-state index in [0.717, 1.165) is 19.2 Å². The molecule has 0 bridgehead atoms. The van der Waals surface area contributed by atoms with Crippen molar-refractivity contribution < 1.29 is 27.8 Å². The SMILES string of the molecule is COC(=O)C(C)(O)CNc1cccc(C(F)(F)F)c1. The van der Waals surface area contributed by atoms with Gasteiger partial charge in [-0.15, -0.1) is 0 Å². The van der Waals surface area contributed by atoms with Gasteiger partial charge >= 0.3 is 12.1 Å². The van der Waals surface area contributed by atoms with Crippen LogP contribution in [0.25, 0.3) is 0 Å². The lowest BCUT2D eigenvalue weighted by Crippen LogP contribution is -2.42. The van der Waals surface area contributed by atoms with Crippen molar-refractivity contribution in [1.82, 2.24) is 0 Å². The molecule has 0 aromatic heterocycles. The summed E-state index contributed by atoms with van der Waals surface area (Å²) in [4.78, 5) is 11.2. The Hall–Kier alpha value is -1.76. The summed E-state index contributed by atoms with van der Waals surface area (Å²) in [7, 11) is 1.11. The summed E-state index contributed by atoms with van der Waals surface area (Å²) in [5, 5.41) is 12.3. The minimum atomic E-state index is -4.44. The maximum absolute atomic E-state index is 12.5. The molecule has 4 nitrogen and oxygen atoms in total. The largest absolute Gasteiger partial charge is 0.467 e. The number of halogens is 3. The van der Waals surface area contributed by atoms with Gasteiger partial charge in [0, 0.05) is 5.69 Å². The topological polar surface area (TPSA) is 58.6 Å². The number of hydrogen-bond acceptors (Lipinski definition) is 4. The molecule has 0 spiro atoms. The first kappa shape index (κ1) is 15.3. The van der Waals surface area contributed by atoms with Crippen molar-refractivity contribution in [2.24, 2.45) is 0 Å². The number of anilines is 1. The van der Waals surface area contributed by atoms with Crippen molar-refractivity contribution in [3.8, 4) is 0 Å². The predicted molar refractivity (Wildman–Crippen MR) is 62.6 cm³/mol. The highest BCUT2D eigenvalue weighted by Crippen LogP contribution is 2.30. The highest BCUT2D eigenvalue weighted by molar-refractivity contribution is 5.79. The summed E-state index contributed by atoms with van der Waals surface area (Å²) in [6.07, 6.45) is -4.44. The Balaban J connectivity index is 2.77. The number of nitrogens with one attached hydrogen (secondary N) is 1. The normalized spacial score (nSPS) is 14.6. The molecule has 7 heteroatoms. The maximum atomic E-state index is 12.5. The van der Waals surface area contributed by atoms with Crippen molar-refractivity contribution in [1.29, 1.82) is 0 Å². The Kier molecular flexibility index (Phi) is 4.41. The van der Waals surface area contributed by atoms with Gasteiger partial charge < -0.3 is 15.2 Å². The minimum absolute atomic E-state index is 0.152. The fourth-order valence-electron chi connectivity index (χ4n) is 1.37. The highest BCUT2D eigenvalue weighted by atomic mass is 19.4. The van der Waals surface area contributed by atoms with E-state index in [9.17, 15) is 23.1 Å². The molecule has 0 saturated heterocycles. The Labute approximate surface area is 108 Å². The zero-order chi connectivity index (χ0) is 14.7. The number of aliphatic hydroxyl groups is 1. The smallest absolute Gasteiger partial charge is 0.416 e.